The van der Waals surface area contributed by atoms with Crippen molar-refractivity contribution < 1.29 is 9.47 Å². The van der Waals surface area contributed by atoms with Gasteiger partial charge in [-0.25, -0.2) is 4.98 Å². The van der Waals surface area contributed by atoms with Crippen LogP contribution in [0.25, 0.3) is 11.2 Å². The largest absolute Gasteiger partial charge is 0.496 e. The first-order valence-corrected chi connectivity index (χ1v) is 8.59. The number of nitrogens with two attached hydrogens (primary N) is 1. The summed E-state index contributed by atoms with van der Waals surface area (Å²) in [4.78, 5) is 13.3. The van der Waals surface area contributed by atoms with Gasteiger partial charge in [0.25, 0.3) is 0 Å². The Morgan fingerprint density at radius 2 is 2.08 bits per heavy atom. The minimum atomic E-state index is 0.289. The average Bonchev–Trinajstić information content (AvgIpc) is 2.94. The van der Waals surface area contributed by atoms with Crippen LogP contribution >= 0.6 is 0 Å². The zero-order chi connectivity index (χ0) is 18.1. The molecule has 0 spiro atoms. The number of benzene rings is 1. The van der Waals surface area contributed by atoms with E-state index in [0.717, 1.165) is 35.5 Å². The van der Waals surface area contributed by atoms with Crippen LogP contribution in [0.15, 0.2) is 30.4 Å². The smallest absolute Gasteiger partial charge is 0.320 e. The highest BCUT2D eigenvalue weighted by atomic mass is 16.5. The van der Waals surface area contributed by atoms with Crippen molar-refractivity contribution in [1.29, 1.82) is 0 Å². The van der Waals surface area contributed by atoms with E-state index in [-0.39, 0.29) is 6.01 Å². The number of methoxy groups -OCH3 is 1. The van der Waals surface area contributed by atoms with E-state index in [1.54, 1.807) is 7.11 Å². The third-order valence-electron chi connectivity index (χ3n) is 4.50. The number of hydrogen-bond acceptors (Lipinski definition) is 6. The third kappa shape index (κ3) is 2.96. The molecule has 7 heteroatoms. The van der Waals surface area contributed by atoms with Crippen LogP contribution in [0.3, 0.4) is 0 Å². The van der Waals surface area contributed by atoms with E-state index in [4.69, 9.17) is 15.2 Å². The molecule has 26 heavy (non-hydrogen) atoms. The van der Waals surface area contributed by atoms with Gasteiger partial charge >= 0.3 is 6.01 Å². The standard InChI is InChI=1S/C19H21N5O2/c1-12-21-16-17(20)22-19-23-18(16)24(12)11-13-7-8-15(25-2)14(10-13)6-4-3-5-9-26-19/h3-4,7-8,10H,5-6,9,11H2,1-2H3,(H2,20,22,23)/b4-3+. The molecule has 0 atom stereocenters. The van der Waals surface area contributed by atoms with Gasteiger partial charge in [-0.15, -0.1) is 0 Å². The van der Waals surface area contributed by atoms with Crippen LogP contribution in [0, 0.1) is 6.92 Å². The van der Waals surface area contributed by atoms with Crippen LogP contribution in [0.1, 0.15) is 23.4 Å². The summed E-state index contributed by atoms with van der Waals surface area (Å²) < 4.78 is 13.2. The first kappa shape index (κ1) is 16.4. The van der Waals surface area contributed by atoms with E-state index < -0.39 is 0 Å². The summed E-state index contributed by atoms with van der Waals surface area (Å²) in [5.41, 5.74) is 9.67. The highest BCUT2D eigenvalue weighted by Crippen LogP contribution is 2.25. The van der Waals surface area contributed by atoms with Crippen molar-refractivity contribution in [2.45, 2.75) is 26.3 Å². The van der Waals surface area contributed by atoms with Gasteiger partial charge in [0.15, 0.2) is 17.0 Å². The van der Waals surface area contributed by atoms with Crippen molar-refractivity contribution in [3.05, 3.63) is 47.3 Å². The van der Waals surface area contributed by atoms with Crippen molar-refractivity contribution >= 4 is 17.0 Å². The Morgan fingerprint density at radius 3 is 2.92 bits per heavy atom. The molecule has 1 aromatic carbocycles. The molecule has 0 fully saturated rings. The topological polar surface area (TPSA) is 88.1 Å². The van der Waals surface area contributed by atoms with Crippen LogP contribution in [0.2, 0.25) is 0 Å². The van der Waals surface area contributed by atoms with E-state index in [2.05, 4.69) is 39.2 Å². The molecule has 0 aliphatic carbocycles. The van der Waals surface area contributed by atoms with Crippen molar-refractivity contribution in [2.24, 2.45) is 0 Å². The van der Waals surface area contributed by atoms with Crippen LogP contribution in [-0.2, 0) is 13.0 Å². The minimum absolute atomic E-state index is 0.289. The lowest BCUT2D eigenvalue weighted by Crippen LogP contribution is -2.07. The lowest BCUT2D eigenvalue weighted by Gasteiger charge is -2.12. The Kier molecular flexibility index (Phi) is 4.20. The fourth-order valence-electron chi connectivity index (χ4n) is 3.18. The monoisotopic (exact) mass is 351 g/mol. The van der Waals surface area contributed by atoms with Gasteiger partial charge in [0.05, 0.1) is 20.3 Å². The Morgan fingerprint density at radius 1 is 1.19 bits per heavy atom. The van der Waals surface area contributed by atoms with Crippen LogP contribution in [0.4, 0.5) is 5.82 Å². The molecule has 2 N–H and O–H groups in total. The van der Waals surface area contributed by atoms with Crippen molar-refractivity contribution in [1.82, 2.24) is 19.5 Å². The normalized spacial score (nSPS) is 15.5. The van der Waals surface area contributed by atoms with Gasteiger partial charge in [-0.3, -0.25) is 0 Å². The third-order valence-corrected chi connectivity index (χ3v) is 4.50. The molecule has 134 valence electrons. The zero-order valence-corrected chi connectivity index (χ0v) is 14.9. The van der Waals surface area contributed by atoms with Crippen molar-refractivity contribution in [2.75, 3.05) is 19.5 Å². The number of nitrogens with zero attached hydrogens (tertiary/aromatic N) is 4. The van der Waals surface area contributed by atoms with E-state index in [1.807, 2.05) is 17.6 Å². The number of rotatable bonds is 1. The molecule has 0 saturated heterocycles. The number of nitrogen functional groups attached to an aromatic ring is 1. The SMILES string of the molecule is COc1ccc2cc1C/C=C/CCOc1nc(N)c3nc(C)n(c3n1)C2. The number of allylic oxidation sites excluding steroid dienone is 1. The first-order valence-electron chi connectivity index (χ1n) is 8.59. The number of hydrogen-bond donors (Lipinski definition) is 1. The van der Waals surface area contributed by atoms with E-state index in [1.165, 1.54) is 0 Å². The second-order valence-corrected chi connectivity index (χ2v) is 6.27. The van der Waals surface area contributed by atoms with Crippen molar-refractivity contribution in [3.8, 4) is 11.8 Å². The number of ether oxygens (including phenoxy) is 2. The summed E-state index contributed by atoms with van der Waals surface area (Å²) in [5.74, 6) is 2.07. The summed E-state index contributed by atoms with van der Waals surface area (Å²) in [6.45, 7) is 3.07. The Balaban J connectivity index is 1.87. The molecule has 0 amide bonds. The van der Waals surface area contributed by atoms with E-state index in [9.17, 15) is 0 Å². The summed E-state index contributed by atoms with van der Waals surface area (Å²) in [7, 11) is 1.70. The van der Waals surface area contributed by atoms with Gasteiger partial charge in [0, 0.05) is 0 Å². The second kappa shape index (κ2) is 6.67. The van der Waals surface area contributed by atoms with Crippen LogP contribution < -0.4 is 15.2 Å². The molecule has 2 aromatic heterocycles. The zero-order valence-electron chi connectivity index (χ0n) is 14.9. The molecule has 1 aliphatic heterocycles. The summed E-state index contributed by atoms with van der Waals surface area (Å²) in [5, 5.41) is 0. The molecule has 1 aliphatic rings. The predicted molar refractivity (Wildman–Crippen MR) is 99.5 cm³/mol. The number of anilines is 1. The number of fused-ring (bicyclic) bond motifs is 3. The van der Waals surface area contributed by atoms with Gasteiger partial charge in [-0.1, -0.05) is 24.3 Å². The second-order valence-electron chi connectivity index (χ2n) is 6.27. The molecule has 4 rings (SSSR count). The molecule has 3 heterocycles. The molecule has 0 radical (unpaired) electrons. The Bertz CT molecular complexity index is 993. The Labute approximate surface area is 151 Å². The summed E-state index contributed by atoms with van der Waals surface area (Å²) >= 11 is 0. The number of aryl methyl sites for hydroxylation is 1. The number of imidazole rings is 1. The fraction of sp³-hybridized carbons (Fsp3) is 0.316. The lowest BCUT2D eigenvalue weighted by atomic mass is 10.1. The molecule has 7 nitrogen and oxygen atoms in total. The van der Waals surface area contributed by atoms with Gasteiger partial charge in [-0.2, -0.15) is 9.97 Å². The molecule has 3 aromatic rings. The molecule has 4 bridgehead atoms. The van der Waals surface area contributed by atoms with E-state index >= 15 is 0 Å². The maximum absolute atomic E-state index is 6.07. The van der Waals surface area contributed by atoms with Crippen molar-refractivity contribution in [3.63, 3.8) is 0 Å². The highest BCUT2D eigenvalue weighted by molar-refractivity contribution is 5.82. The highest BCUT2D eigenvalue weighted by Gasteiger charge is 2.16. The lowest BCUT2D eigenvalue weighted by molar-refractivity contribution is 0.300. The van der Waals surface area contributed by atoms with Gasteiger partial charge in [0.2, 0.25) is 0 Å². The van der Waals surface area contributed by atoms with Gasteiger partial charge in [0.1, 0.15) is 11.6 Å². The fourth-order valence-corrected chi connectivity index (χ4v) is 3.18. The quantitative estimate of drug-likeness (QED) is 0.678. The predicted octanol–water partition coefficient (Wildman–Crippen LogP) is 2.66. The maximum Gasteiger partial charge on any atom is 0.320 e. The van der Waals surface area contributed by atoms with Crippen LogP contribution in [-0.4, -0.2) is 33.2 Å². The first-order chi connectivity index (χ1) is 12.7. The van der Waals surface area contributed by atoms with Gasteiger partial charge < -0.3 is 19.8 Å². The molecule has 0 unspecified atom stereocenters. The number of aromatic nitrogens is 4. The molecular weight excluding hydrogens is 330 g/mol. The van der Waals surface area contributed by atoms with Crippen LogP contribution in [0.5, 0.6) is 11.8 Å². The summed E-state index contributed by atoms with van der Waals surface area (Å²) in [6, 6.07) is 6.53. The Hall–Kier alpha value is -3.09. The van der Waals surface area contributed by atoms with Gasteiger partial charge in [-0.05, 0) is 37.0 Å². The summed E-state index contributed by atoms with van der Waals surface area (Å²) in [6.07, 6.45) is 5.79. The molecule has 0 saturated carbocycles. The molecular formula is C19H21N5O2. The minimum Gasteiger partial charge on any atom is -0.496 e. The average molecular weight is 351 g/mol. The van der Waals surface area contributed by atoms with E-state index in [0.29, 0.717) is 30.1 Å². The maximum atomic E-state index is 6.07.